The second-order valence-electron chi connectivity index (χ2n) is 9.60. The van der Waals surface area contributed by atoms with E-state index in [0.29, 0.717) is 22.6 Å². The van der Waals surface area contributed by atoms with Gasteiger partial charge in [-0.2, -0.15) is 5.26 Å². The monoisotopic (exact) mass is 502 g/mol. The number of nitrogens with one attached hydrogen (secondary N) is 1. The van der Waals surface area contributed by atoms with E-state index in [-0.39, 0.29) is 12.0 Å². The Balaban J connectivity index is 1.82. The fraction of sp³-hybridized carbons (Fsp3) is 0.300. The summed E-state index contributed by atoms with van der Waals surface area (Å²) >= 11 is 6.06. The van der Waals surface area contributed by atoms with E-state index in [1.807, 2.05) is 81.4 Å². The molecule has 0 aliphatic rings. The molecule has 0 aliphatic heterocycles. The van der Waals surface area contributed by atoms with Crippen LogP contribution in [0, 0.1) is 25.2 Å². The predicted octanol–water partition coefficient (Wildman–Crippen LogP) is 6.30. The number of hydrogen-bond donors (Lipinski definition) is 1. The molecule has 3 rings (SSSR count). The van der Waals surface area contributed by atoms with Crippen LogP contribution in [0.15, 0.2) is 66.7 Å². The van der Waals surface area contributed by atoms with Gasteiger partial charge in [0.25, 0.3) is 5.91 Å². The lowest BCUT2D eigenvalue weighted by Gasteiger charge is -2.30. The van der Waals surface area contributed by atoms with E-state index in [1.165, 1.54) is 0 Å². The number of amides is 1. The molecule has 36 heavy (non-hydrogen) atoms. The van der Waals surface area contributed by atoms with Crippen LogP contribution in [-0.2, 0) is 16.0 Å². The second-order valence-corrected chi connectivity index (χ2v) is 10.0. The van der Waals surface area contributed by atoms with Crippen molar-refractivity contribution < 1.29 is 14.3 Å². The molecule has 0 aromatic heterocycles. The third-order valence-corrected chi connectivity index (χ3v) is 6.61. The van der Waals surface area contributed by atoms with E-state index in [0.717, 1.165) is 22.3 Å². The van der Waals surface area contributed by atoms with Crippen molar-refractivity contribution in [3.63, 3.8) is 0 Å². The molecule has 0 saturated carbocycles. The summed E-state index contributed by atoms with van der Waals surface area (Å²) in [7, 11) is 0. The number of benzene rings is 3. The highest BCUT2D eigenvalue weighted by atomic mass is 35.5. The van der Waals surface area contributed by atoms with E-state index in [4.69, 9.17) is 16.3 Å². The lowest BCUT2D eigenvalue weighted by Crippen LogP contribution is -2.50. The van der Waals surface area contributed by atoms with Gasteiger partial charge in [-0.3, -0.25) is 4.79 Å². The Morgan fingerprint density at radius 1 is 1.03 bits per heavy atom. The van der Waals surface area contributed by atoms with E-state index < -0.39 is 17.5 Å². The Labute approximate surface area is 218 Å². The average Bonchev–Trinajstić information content (AvgIpc) is 2.83. The molecule has 2 unspecified atom stereocenters. The van der Waals surface area contributed by atoms with Gasteiger partial charge in [0.2, 0.25) is 0 Å². The van der Waals surface area contributed by atoms with Gasteiger partial charge in [0.15, 0.2) is 5.60 Å². The molecule has 3 aromatic rings. The van der Waals surface area contributed by atoms with Crippen LogP contribution >= 0.6 is 11.6 Å². The first-order valence-electron chi connectivity index (χ1n) is 11.9. The number of nitriles is 1. The van der Waals surface area contributed by atoms with Crippen LogP contribution in [0.3, 0.4) is 0 Å². The zero-order chi connectivity index (χ0) is 26.5. The quantitative estimate of drug-likeness (QED) is 0.367. The summed E-state index contributed by atoms with van der Waals surface area (Å²) in [5.41, 5.74) is 3.21. The molecule has 0 saturated heterocycles. The summed E-state index contributed by atoms with van der Waals surface area (Å²) in [6.07, 6.45) is 0.621. The smallest absolute Gasteiger partial charge is 0.339 e. The average molecular weight is 503 g/mol. The summed E-state index contributed by atoms with van der Waals surface area (Å²) < 4.78 is 5.69. The third-order valence-electron chi connectivity index (χ3n) is 6.35. The zero-order valence-corrected chi connectivity index (χ0v) is 22.0. The van der Waals surface area contributed by atoms with Crippen LogP contribution in [0.4, 0.5) is 0 Å². The van der Waals surface area contributed by atoms with Gasteiger partial charge >= 0.3 is 5.97 Å². The summed E-state index contributed by atoms with van der Waals surface area (Å²) in [5, 5.41) is 13.1. The molecule has 1 N–H and O–H groups in total. The molecule has 5 nitrogen and oxygen atoms in total. The molecule has 0 bridgehead atoms. The Morgan fingerprint density at radius 2 is 1.64 bits per heavy atom. The molecule has 1 amide bonds. The molecule has 2 atom stereocenters. The number of aryl methyl sites for hydroxylation is 2. The van der Waals surface area contributed by atoms with Crippen LogP contribution in [0.25, 0.3) is 0 Å². The van der Waals surface area contributed by atoms with Gasteiger partial charge in [-0.1, -0.05) is 54.1 Å². The summed E-state index contributed by atoms with van der Waals surface area (Å²) in [6.45, 7) is 8.78. The number of carbonyl (C=O) groups excluding carboxylic acids is 2. The first kappa shape index (κ1) is 27.0. The first-order valence-corrected chi connectivity index (χ1v) is 12.2. The minimum atomic E-state index is -1.39. The van der Waals surface area contributed by atoms with Gasteiger partial charge in [0.1, 0.15) is 0 Å². The number of rotatable bonds is 8. The molecule has 186 valence electrons. The number of carbonyl (C=O) groups is 2. The first-order chi connectivity index (χ1) is 17.0. The van der Waals surface area contributed by atoms with Crippen molar-refractivity contribution in [3.8, 4) is 6.07 Å². The Hall–Kier alpha value is -3.62. The van der Waals surface area contributed by atoms with Gasteiger partial charge in [0, 0.05) is 17.0 Å². The molecule has 0 radical (unpaired) electrons. The van der Waals surface area contributed by atoms with Crippen molar-refractivity contribution in [3.05, 3.63) is 105 Å². The molecule has 0 heterocycles. The molecule has 0 spiro atoms. The number of halogens is 1. The van der Waals surface area contributed by atoms with Crippen molar-refractivity contribution in [2.24, 2.45) is 0 Å². The topological polar surface area (TPSA) is 79.2 Å². The van der Waals surface area contributed by atoms with Crippen molar-refractivity contribution in [1.29, 1.82) is 5.26 Å². The third kappa shape index (κ3) is 6.53. The summed E-state index contributed by atoms with van der Waals surface area (Å²) in [6, 6.07) is 22.4. The van der Waals surface area contributed by atoms with Gasteiger partial charge in [0.05, 0.1) is 17.2 Å². The number of esters is 1. The lowest BCUT2D eigenvalue weighted by molar-refractivity contribution is -0.138. The minimum Gasteiger partial charge on any atom is -0.446 e. The maximum Gasteiger partial charge on any atom is 0.339 e. The van der Waals surface area contributed by atoms with Crippen LogP contribution in [-0.4, -0.2) is 23.5 Å². The van der Waals surface area contributed by atoms with Crippen LogP contribution < -0.4 is 5.32 Å². The highest BCUT2D eigenvalue weighted by Gasteiger charge is 2.35. The van der Waals surface area contributed by atoms with Crippen LogP contribution in [0.1, 0.15) is 64.9 Å². The van der Waals surface area contributed by atoms with Crippen molar-refractivity contribution in [2.45, 2.75) is 58.6 Å². The Morgan fingerprint density at radius 3 is 2.25 bits per heavy atom. The van der Waals surface area contributed by atoms with Crippen LogP contribution in [0.5, 0.6) is 0 Å². The number of nitrogens with zero attached hydrogens (tertiary/aromatic N) is 1. The van der Waals surface area contributed by atoms with Gasteiger partial charge < -0.3 is 10.1 Å². The molecule has 6 heteroatoms. The second kappa shape index (κ2) is 11.4. The fourth-order valence-corrected chi connectivity index (χ4v) is 4.37. The SMILES string of the molecule is Cc1cccc(C)c1C(=O)OC(C)(C)C(=O)NC(C)C(Cc1ccc(Cl)cc1)c1cccc(C#N)c1. The van der Waals surface area contributed by atoms with Gasteiger partial charge in [-0.05, 0) is 87.6 Å². The number of hydrogen-bond acceptors (Lipinski definition) is 4. The van der Waals surface area contributed by atoms with E-state index in [1.54, 1.807) is 19.9 Å². The highest BCUT2D eigenvalue weighted by molar-refractivity contribution is 6.30. The predicted molar refractivity (Wildman–Crippen MR) is 142 cm³/mol. The highest BCUT2D eigenvalue weighted by Crippen LogP contribution is 2.27. The van der Waals surface area contributed by atoms with E-state index >= 15 is 0 Å². The summed E-state index contributed by atoms with van der Waals surface area (Å²) in [4.78, 5) is 26.3. The molecule has 0 fully saturated rings. The molecule has 3 aromatic carbocycles. The number of ether oxygens (including phenoxy) is 1. The van der Waals surface area contributed by atoms with Gasteiger partial charge in [-0.15, -0.1) is 0 Å². The molecule has 0 aliphatic carbocycles. The standard InChI is InChI=1S/C30H31ClN2O3/c1-19-8-6-9-20(2)27(19)28(34)36-30(4,5)29(35)33-21(3)26(17-22-12-14-25(31)15-13-22)24-11-7-10-23(16-24)18-32/h6-16,21,26H,17H2,1-5H3,(H,33,35). The Kier molecular flexibility index (Phi) is 8.55. The molecular weight excluding hydrogens is 472 g/mol. The summed E-state index contributed by atoms with van der Waals surface area (Å²) in [5.74, 6) is -1.06. The van der Waals surface area contributed by atoms with Crippen molar-refractivity contribution in [2.75, 3.05) is 0 Å². The largest absolute Gasteiger partial charge is 0.446 e. The lowest BCUT2D eigenvalue weighted by atomic mass is 9.85. The Bertz CT molecular complexity index is 1270. The maximum absolute atomic E-state index is 13.3. The fourth-order valence-electron chi connectivity index (χ4n) is 4.24. The molecular formula is C30H31ClN2O3. The minimum absolute atomic E-state index is 0.131. The zero-order valence-electron chi connectivity index (χ0n) is 21.3. The van der Waals surface area contributed by atoms with Crippen molar-refractivity contribution in [1.82, 2.24) is 5.32 Å². The van der Waals surface area contributed by atoms with E-state index in [9.17, 15) is 14.9 Å². The van der Waals surface area contributed by atoms with Crippen LogP contribution in [0.2, 0.25) is 5.02 Å². The van der Waals surface area contributed by atoms with E-state index in [2.05, 4.69) is 11.4 Å². The maximum atomic E-state index is 13.3. The van der Waals surface area contributed by atoms with Gasteiger partial charge in [-0.25, -0.2) is 4.79 Å². The van der Waals surface area contributed by atoms with Crippen molar-refractivity contribution >= 4 is 23.5 Å². The normalized spacial score (nSPS) is 12.8.